The van der Waals surface area contributed by atoms with E-state index >= 15 is 0 Å². The van der Waals surface area contributed by atoms with Crippen LogP contribution in [0.2, 0.25) is 0 Å². The number of fused-ring (bicyclic) bond motifs is 1. The Balaban J connectivity index is 2.07. The van der Waals surface area contributed by atoms with Crippen molar-refractivity contribution in [3.63, 3.8) is 0 Å². The average Bonchev–Trinajstić information content (AvgIpc) is 2.94. The molecule has 3 N–H and O–H groups in total. The van der Waals surface area contributed by atoms with Crippen LogP contribution in [0.15, 0.2) is 60.7 Å². The zero-order chi connectivity index (χ0) is 18.5. The highest BCUT2D eigenvalue weighted by atomic mass is 16.3. The summed E-state index contributed by atoms with van der Waals surface area (Å²) in [6.45, 7) is 3.66. The number of benzene rings is 3. The molecule has 0 unspecified atom stereocenters. The van der Waals surface area contributed by atoms with E-state index in [9.17, 15) is 15.0 Å². The minimum absolute atomic E-state index is 0.142. The van der Waals surface area contributed by atoms with Crippen LogP contribution in [0, 0.1) is 13.8 Å². The number of rotatable bonds is 2. The van der Waals surface area contributed by atoms with Crippen LogP contribution in [0.1, 0.15) is 38.2 Å². The molecule has 0 atom stereocenters. The Morgan fingerprint density at radius 1 is 0.808 bits per heavy atom. The predicted octanol–water partition coefficient (Wildman–Crippen LogP) is 3.75. The number of carbonyl (C=O) groups is 1. The number of hydrogen-bond acceptors (Lipinski definition) is 3. The lowest BCUT2D eigenvalue weighted by Gasteiger charge is -2.32. The highest BCUT2D eigenvalue weighted by Crippen LogP contribution is 2.44. The van der Waals surface area contributed by atoms with Gasteiger partial charge in [-0.2, -0.15) is 0 Å². The minimum atomic E-state index is -0.870. The van der Waals surface area contributed by atoms with Gasteiger partial charge in [0, 0.05) is 5.56 Å². The summed E-state index contributed by atoms with van der Waals surface area (Å²) in [5, 5.41) is 23.1. The largest absolute Gasteiger partial charge is 0.508 e. The van der Waals surface area contributed by atoms with E-state index in [1.807, 2.05) is 62.4 Å². The van der Waals surface area contributed by atoms with Gasteiger partial charge in [0.25, 0.3) is 5.91 Å². The molecule has 4 rings (SSSR count). The fraction of sp³-hybridized carbons (Fsp3) is 0.136. The third-order valence-corrected chi connectivity index (χ3v) is 5.14. The Labute approximate surface area is 151 Å². The van der Waals surface area contributed by atoms with Crippen LogP contribution >= 0.6 is 0 Å². The fourth-order valence-electron chi connectivity index (χ4n) is 3.71. The van der Waals surface area contributed by atoms with E-state index in [0.717, 1.165) is 27.8 Å². The number of nitrogens with one attached hydrogen (secondary N) is 1. The Morgan fingerprint density at radius 2 is 1.35 bits per heavy atom. The highest BCUT2D eigenvalue weighted by Gasteiger charge is 2.45. The molecular formula is C22H19NO3. The minimum Gasteiger partial charge on any atom is -0.508 e. The lowest BCUT2D eigenvalue weighted by Crippen LogP contribution is -2.41. The molecule has 0 aromatic heterocycles. The van der Waals surface area contributed by atoms with Crippen LogP contribution in [0.25, 0.3) is 0 Å². The highest BCUT2D eigenvalue weighted by molar-refractivity contribution is 6.01. The first-order valence-corrected chi connectivity index (χ1v) is 8.45. The van der Waals surface area contributed by atoms with Crippen LogP contribution in [-0.4, -0.2) is 16.1 Å². The van der Waals surface area contributed by atoms with E-state index in [1.54, 1.807) is 12.1 Å². The Bertz CT molecular complexity index is 988. The number of hydrogen-bond donors (Lipinski definition) is 3. The second-order valence-electron chi connectivity index (χ2n) is 6.75. The predicted molar refractivity (Wildman–Crippen MR) is 99.5 cm³/mol. The van der Waals surface area contributed by atoms with Gasteiger partial charge in [0.2, 0.25) is 0 Å². The number of phenols is 2. The van der Waals surface area contributed by atoms with E-state index < -0.39 is 5.54 Å². The summed E-state index contributed by atoms with van der Waals surface area (Å²) >= 11 is 0. The van der Waals surface area contributed by atoms with Gasteiger partial charge in [-0.05, 0) is 72.0 Å². The summed E-state index contributed by atoms with van der Waals surface area (Å²) in [7, 11) is 0. The molecule has 0 saturated carbocycles. The Hall–Kier alpha value is -3.27. The second kappa shape index (κ2) is 5.63. The molecule has 1 heterocycles. The van der Waals surface area contributed by atoms with Gasteiger partial charge in [0.1, 0.15) is 17.0 Å². The third-order valence-electron chi connectivity index (χ3n) is 5.14. The van der Waals surface area contributed by atoms with E-state index in [2.05, 4.69) is 5.32 Å². The van der Waals surface area contributed by atoms with Crippen LogP contribution in [-0.2, 0) is 5.54 Å². The van der Waals surface area contributed by atoms with Gasteiger partial charge in [-0.3, -0.25) is 4.79 Å². The number of phenolic OH excluding ortho intramolecular Hbond substituents is 2. The first kappa shape index (κ1) is 16.2. The number of aryl methyl sites for hydroxylation is 2. The first-order chi connectivity index (χ1) is 12.4. The Kier molecular flexibility index (Phi) is 3.51. The van der Waals surface area contributed by atoms with Crippen LogP contribution in [0.3, 0.4) is 0 Å². The Morgan fingerprint density at radius 3 is 1.88 bits per heavy atom. The first-order valence-electron chi connectivity index (χ1n) is 8.45. The zero-order valence-corrected chi connectivity index (χ0v) is 14.6. The topological polar surface area (TPSA) is 69.6 Å². The molecule has 3 aromatic carbocycles. The van der Waals surface area contributed by atoms with Crippen molar-refractivity contribution in [3.05, 3.63) is 94.0 Å². The van der Waals surface area contributed by atoms with Crippen LogP contribution < -0.4 is 5.32 Å². The van der Waals surface area contributed by atoms with Crippen molar-refractivity contribution in [1.29, 1.82) is 0 Å². The van der Waals surface area contributed by atoms with Gasteiger partial charge in [-0.1, -0.05) is 30.3 Å². The lowest BCUT2D eigenvalue weighted by atomic mass is 9.77. The van der Waals surface area contributed by atoms with E-state index in [1.165, 1.54) is 0 Å². The molecule has 0 saturated heterocycles. The molecule has 4 heteroatoms. The summed E-state index contributed by atoms with van der Waals surface area (Å²) in [5.74, 6) is 0.281. The maximum absolute atomic E-state index is 12.7. The average molecular weight is 345 g/mol. The molecular weight excluding hydrogens is 326 g/mol. The second-order valence-corrected chi connectivity index (χ2v) is 6.75. The zero-order valence-electron chi connectivity index (χ0n) is 14.6. The lowest BCUT2D eigenvalue weighted by molar-refractivity contribution is 0.0948. The maximum atomic E-state index is 12.7. The van der Waals surface area contributed by atoms with Gasteiger partial charge in [0.05, 0.1) is 0 Å². The monoisotopic (exact) mass is 345 g/mol. The van der Waals surface area contributed by atoms with Gasteiger partial charge in [0.15, 0.2) is 0 Å². The van der Waals surface area contributed by atoms with E-state index in [-0.39, 0.29) is 17.4 Å². The standard InChI is InChI=1S/C22H19NO3/c1-13-11-15(7-9-19(13)24)22(16-8-10-20(25)14(2)12-16)18-6-4-3-5-17(18)21(26)23-22/h3-12,24-25H,1-2H3,(H,23,26). The number of amides is 1. The molecule has 0 spiro atoms. The van der Waals surface area contributed by atoms with Crippen molar-refractivity contribution in [3.8, 4) is 11.5 Å². The summed E-state index contributed by atoms with van der Waals surface area (Å²) < 4.78 is 0. The molecule has 0 bridgehead atoms. The van der Waals surface area contributed by atoms with Crippen LogP contribution in [0.4, 0.5) is 0 Å². The molecule has 26 heavy (non-hydrogen) atoms. The van der Waals surface area contributed by atoms with Crippen LogP contribution in [0.5, 0.6) is 11.5 Å². The van der Waals surface area contributed by atoms with Crippen molar-refractivity contribution in [2.24, 2.45) is 0 Å². The van der Waals surface area contributed by atoms with Gasteiger partial charge in [-0.15, -0.1) is 0 Å². The fourth-order valence-corrected chi connectivity index (χ4v) is 3.71. The van der Waals surface area contributed by atoms with Crippen molar-refractivity contribution >= 4 is 5.91 Å². The number of carbonyl (C=O) groups excluding carboxylic acids is 1. The van der Waals surface area contributed by atoms with Gasteiger partial charge >= 0.3 is 0 Å². The maximum Gasteiger partial charge on any atom is 0.252 e. The summed E-state index contributed by atoms with van der Waals surface area (Å²) in [6, 6.07) is 18.2. The molecule has 130 valence electrons. The number of aromatic hydroxyl groups is 2. The normalized spacial score (nSPS) is 14.8. The van der Waals surface area contributed by atoms with Crippen molar-refractivity contribution in [2.45, 2.75) is 19.4 Å². The quantitative estimate of drug-likeness (QED) is 0.662. The van der Waals surface area contributed by atoms with Crippen molar-refractivity contribution in [2.75, 3.05) is 0 Å². The van der Waals surface area contributed by atoms with Gasteiger partial charge < -0.3 is 15.5 Å². The molecule has 1 amide bonds. The van der Waals surface area contributed by atoms with Crippen molar-refractivity contribution < 1.29 is 15.0 Å². The van der Waals surface area contributed by atoms with Gasteiger partial charge in [-0.25, -0.2) is 0 Å². The summed E-state index contributed by atoms with van der Waals surface area (Å²) in [6.07, 6.45) is 0. The SMILES string of the molecule is Cc1cc(C2(c3ccc(O)c(C)c3)NC(=O)c3ccccc32)ccc1O. The van der Waals surface area contributed by atoms with E-state index in [4.69, 9.17) is 0 Å². The summed E-state index contributed by atoms with van der Waals surface area (Å²) in [5.41, 5.74) is 3.80. The molecule has 0 radical (unpaired) electrons. The summed E-state index contributed by atoms with van der Waals surface area (Å²) in [4.78, 5) is 12.7. The molecule has 1 aliphatic heterocycles. The molecule has 0 fully saturated rings. The molecule has 0 aliphatic carbocycles. The molecule has 1 aliphatic rings. The van der Waals surface area contributed by atoms with Crippen molar-refractivity contribution in [1.82, 2.24) is 5.32 Å². The molecule has 3 aromatic rings. The third kappa shape index (κ3) is 2.19. The van der Waals surface area contributed by atoms with E-state index in [0.29, 0.717) is 5.56 Å². The smallest absolute Gasteiger partial charge is 0.252 e. The molecule has 4 nitrogen and oxygen atoms in total.